The van der Waals surface area contributed by atoms with Crippen LogP contribution >= 0.6 is 11.3 Å². The maximum atomic E-state index is 12.9. The maximum absolute atomic E-state index is 12.9. The Morgan fingerprint density at radius 1 is 0.800 bits per heavy atom. The van der Waals surface area contributed by atoms with Crippen LogP contribution < -0.4 is 15.4 Å². The Bertz CT molecular complexity index is 1460. The zero-order valence-corrected chi connectivity index (χ0v) is 23.6. The quantitative estimate of drug-likeness (QED) is 0.194. The Labute approximate surface area is 238 Å². The molecule has 0 aliphatic carbocycles. The predicted octanol–water partition coefficient (Wildman–Crippen LogP) is 6.99. The van der Waals surface area contributed by atoms with Crippen LogP contribution in [-0.4, -0.2) is 31.0 Å². The van der Waals surface area contributed by atoms with Gasteiger partial charge in [-0.3, -0.25) is 9.59 Å². The number of nitrogens with one attached hydrogen (secondary N) is 2. The second-order valence-corrected chi connectivity index (χ2v) is 9.79. The Kier molecular flexibility index (Phi) is 9.70. The summed E-state index contributed by atoms with van der Waals surface area (Å²) >= 11 is 1.25. The van der Waals surface area contributed by atoms with Crippen LogP contribution in [0.1, 0.15) is 52.6 Å². The van der Waals surface area contributed by atoms with E-state index in [4.69, 9.17) is 9.47 Å². The van der Waals surface area contributed by atoms with E-state index < -0.39 is 11.9 Å². The van der Waals surface area contributed by atoms with Crippen molar-refractivity contribution in [3.63, 3.8) is 0 Å². The highest BCUT2D eigenvalue weighted by Gasteiger charge is 2.23. The molecule has 1 aromatic heterocycles. The first-order chi connectivity index (χ1) is 19.4. The fourth-order valence-electron chi connectivity index (χ4n) is 4.29. The molecule has 2 amide bonds. The normalized spacial score (nSPS) is 10.6. The average molecular weight is 557 g/mol. The lowest BCUT2D eigenvalue weighted by Gasteiger charge is -2.14. The van der Waals surface area contributed by atoms with Crippen LogP contribution in [0.4, 0.5) is 10.7 Å². The summed E-state index contributed by atoms with van der Waals surface area (Å²) in [7, 11) is 0. The van der Waals surface area contributed by atoms with E-state index in [9.17, 15) is 14.4 Å². The standard InChI is InChI=1S/C32H32N2O5S/c1-4-21-13-10-14-22(5-2)29(21)34-30(36)24-15-17-25(18-16-24)39-19-27(35)33-31-28(32(37)38-6-3)26(20-40-31)23-11-8-7-9-12-23/h7-18,20H,4-6,19H2,1-3H3,(H,33,35)(H,34,36). The number of thiophene rings is 1. The number of hydrogen-bond acceptors (Lipinski definition) is 6. The molecule has 0 atom stereocenters. The summed E-state index contributed by atoms with van der Waals surface area (Å²) in [5, 5.41) is 8.05. The first-order valence-electron chi connectivity index (χ1n) is 13.2. The largest absolute Gasteiger partial charge is 0.484 e. The number of rotatable bonds is 11. The van der Waals surface area contributed by atoms with Crippen LogP contribution in [0, 0.1) is 0 Å². The Morgan fingerprint density at radius 3 is 2.10 bits per heavy atom. The Hall–Kier alpha value is -4.43. The molecular formula is C32H32N2O5S. The van der Waals surface area contributed by atoms with Crippen LogP contribution in [0.5, 0.6) is 5.75 Å². The van der Waals surface area contributed by atoms with Crippen molar-refractivity contribution in [2.75, 3.05) is 23.8 Å². The number of aryl methyl sites for hydroxylation is 2. The van der Waals surface area contributed by atoms with E-state index >= 15 is 0 Å². The van der Waals surface area contributed by atoms with Crippen molar-refractivity contribution in [2.24, 2.45) is 0 Å². The van der Waals surface area contributed by atoms with Gasteiger partial charge in [0.2, 0.25) is 0 Å². The molecule has 8 heteroatoms. The molecule has 0 saturated carbocycles. The van der Waals surface area contributed by atoms with Gasteiger partial charge in [0.05, 0.1) is 6.61 Å². The third kappa shape index (κ3) is 6.76. The van der Waals surface area contributed by atoms with Gasteiger partial charge in [0, 0.05) is 22.2 Å². The lowest BCUT2D eigenvalue weighted by atomic mass is 10.0. The lowest BCUT2D eigenvalue weighted by molar-refractivity contribution is -0.118. The molecule has 1 heterocycles. The molecule has 3 aromatic carbocycles. The fourth-order valence-corrected chi connectivity index (χ4v) is 5.26. The molecule has 7 nitrogen and oxygen atoms in total. The summed E-state index contributed by atoms with van der Waals surface area (Å²) in [6.07, 6.45) is 1.64. The van der Waals surface area contributed by atoms with Crippen LogP contribution in [0.25, 0.3) is 11.1 Å². The van der Waals surface area contributed by atoms with Crippen LogP contribution in [-0.2, 0) is 22.4 Å². The minimum Gasteiger partial charge on any atom is -0.484 e. The van der Waals surface area contributed by atoms with Gasteiger partial charge in [-0.2, -0.15) is 0 Å². The van der Waals surface area contributed by atoms with Crippen LogP contribution in [0.3, 0.4) is 0 Å². The van der Waals surface area contributed by atoms with Gasteiger partial charge in [0.25, 0.3) is 11.8 Å². The minimum atomic E-state index is -0.500. The number of esters is 1. The highest BCUT2D eigenvalue weighted by molar-refractivity contribution is 7.15. The van der Waals surface area contributed by atoms with Gasteiger partial charge in [-0.1, -0.05) is 62.4 Å². The first kappa shape index (κ1) is 28.6. The van der Waals surface area contributed by atoms with E-state index in [2.05, 4.69) is 24.5 Å². The zero-order valence-electron chi connectivity index (χ0n) is 22.8. The molecule has 2 N–H and O–H groups in total. The number of amides is 2. The number of para-hydroxylation sites is 1. The average Bonchev–Trinajstić information content (AvgIpc) is 3.40. The van der Waals surface area contributed by atoms with Gasteiger partial charge >= 0.3 is 5.97 Å². The van der Waals surface area contributed by atoms with Crippen molar-refractivity contribution in [1.82, 2.24) is 0 Å². The minimum absolute atomic E-state index is 0.210. The molecule has 206 valence electrons. The summed E-state index contributed by atoms with van der Waals surface area (Å²) in [5.41, 5.74) is 5.39. The molecule has 4 rings (SSSR count). The maximum Gasteiger partial charge on any atom is 0.341 e. The van der Waals surface area contributed by atoms with Gasteiger partial charge in [-0.15, -0.1) is 11.3 Å². The monoisotopic (exact) mass is 556 g/mol. The van der Waals surface area contributed by atoms with Crippen molar-refractivity contribution in [1.29, 1.82) is 0 Å². The van der Waals surface area contributed by atoms with E-state index in [1.165, 1.54) is 11.3 Å². The number of hydrogen-bond donors (Lipinski definition) is 2. The van der Waals surface area contributed by atoms with Crippen molar-refractivity contribution >= 4 is 39.8 Å². The van der Waals surface area contributed by atoms with Gasteiger partial charge in [0.15, 0.2) is 6.61 Å². The highest BCUT2D eigenvalue weighted by Crippen LogP contribution is 2.36. The van der Waals surface area contributed by atoms with Gasteiger partial charge < -0.3 is 20.1 Å². The number of carbonyl (C=O) groups excluding carboxylic acids is 3. The zero-order chi connectivity index (χ0) is 28.5. The molecule has 0 saturated heterocycles. The third-order valence-corrected chi connectivity index (χ3v) is 7.23. The van der Waals surface area contributed by atoms with Crippen molar-refractivity contribution in [2.45, 2.75) is 33.6 Å². The molecule has 0 aliphatic heterocycles. The smallest absolute Gasteiger partial charge is 0.341 e. The lowest BCUT2D eigenvalue weighted by Crippen LogP contribution is -2.21. The van der Waals surface area contributed by atoms with Crippen molar-refractivity contribution in [3.05, 3.63) is 100 Å². The number of ether oxygens (including phenoxy) is 2. The van der Waals surface area contributed by atoms with E-state index in [0.717, 1.165) is 35.2 Å². The molecular weight excluding hydrogens is 524 g/mol. The second kappa shape index (κ2) is 13.6. The summed E-state index contributed by atoms with van der Waals surface area (Å²) in [6, 6.07) is 22.1. The molecule has 0 bridgehead atoms. The SMILES string of the molecule is CCOC(=O)c1c(-c2ccccc2)csc1NC(=O)COc1ccc(C(=O)Nc2c(CC)cccc2CC)cc1. The van der Waals surface area contributed by atoms with Crippen molar-refractivity contribution < 1.29 is 23.9 Å². The Morgan fingerprint density at radius 2 is 1.48 bits per heavy atom. The van der Waals surface area contributed by atoms with Crippen LogP contribution in [0.2, 0.25) is 0 Å². The second-order valence-electron chi connectivity index (χ2n) is 8.91. The van der Waals surface area contributed by atoms with Gasteiger partial charge in [-0.25, -0.2) is 4.79 Å². The number of carbonyl (C=O) groups is 3. The molecule has 0 aliphatic rings. The first-order valence-corrected chi connectivity index (χ1v) is 14.1. The summed E-state index contributed by atoms with van der Waals surface area (Å²) < 4.78 is 10.9. The van der Waals surface area contributed by atoms with Gasteiger partial charge in [0.1, 0.15) is 16.3 Å². The van der Waals surface area contributed by atoms with Gasteiger partial charge in [-0.05, 0) is 60.7 Å². The molecule has 0 unspecified atom stereocenters. The Balaban J connectivity index is 1.40. The highest BCUT2D eigenvalue weighted by atomic mass is 32.1. The van der Waals surface area contributed by atoms with E-state index in [0.29, 0.717) is 27.4 Å². The summed E-state index contributed by atoms with van der Waals surface area (Å²) in [4.78, 5) is 38.4. The number of anilines is 2. The van der Waals surface area contributed by atoms with Crippen molar-refractivity contribution in [3.8, 4) is 16.9 Å². The molecule has 0 fully saturated rings. The summed E-state index contributed by atoms with van der Waals surface area (Å²) in [5.74, 6) is -0.688. The molecule has 0 spiro atoms. The predicted molar refractivity (Wildman–Crippen MR) is 159 cm³/mol. The van der Waals surface area contributed by atoms with Crippen LogP contribution in [0.15, 0.2) is 78.2 Å². The topological polar surface area (TPSA) is 93.7 Å². The third-order valence-electron chi connectivity index (χ3n) is 6.33. The van der Waals surface area contributed by atoms with E-state index in [1.54, 1.807) is 31.2 Å². The summed E-state index contributed by atoms with van der Waals surface area (Å²) in [6.45, 7) is 5.81. The van der Waals surface area contributed by atoms with E-state index in [-0.39, 0.29) is 19.1 Å². The fraction of sp³-hybridized carbons (Fsp3) is 0.219. The number of benzene rings is 3. The van der Waals surface area contributed by atoms with E-state index in [1.807, 2.05) is 53.9 Å². The molecule has 0 radical (unpaired) electrons. The molecule has 40 heavy (non-hydrogen) atoms. The molecule has 4 aromatic rings.